The number of aromatic carboxylic acids is 1. The Morgan fingerprint density at radius 1 is 1.05 bits per heavy atom. The van der Waals surface area contributed by atoms with Crippen LogP contribution in [0.2, 0.25) is 5.02 Å². The van der Waals surface area contributed by atoms with E-state index in [1.54, 1.807) is 19.2 Å². The molecule has 0 amide bonds. The third-order valence-electron chi connectivity index (χ3n) is 7.37. The Bertz CT molecular complexity index is 1310. The Morgan fingerprint density at radius 3 is 2.51 bits per heavy atom. The van der Waals surface area contributed by atoms with E-state index in [0.29, 0.717) is 25.5 Å². The lowest BCUT2D eigenvalue weighted by Crippen LogP contribution is -2.46. The molecule has 0 aromatic heterocycles. The molecule has 1 spiro atoms. The third-order valence-corrected chi connectivity index (χ3v) is 7.61. The predicted molar refractivity (Wildman–Crippen MR) is 146 cm³/mol. The fourth-order valence-corrected chi connectivity index (χ4v) is 5.44. The Morgan fingerprint density at radius 2 is 1.79 bits per heavy atom. The van der Waals surface area contributed by atoms with Crippen LogP contribution >= 0.6 is 11.6 Å². The predicted octanol–water partition coefficient (Wildman–Crippen LogP) is 4.89. The fourth-order valence-electron chi connectivity index (χ4n) is 5.24. The number of halogens is 1. The van der Waals surface area contributed by atoms with E-state index in [4.69, 9.17) is 30.5 Å². The molecule has 0 bridgehead atoms. The first-order valence-electron chi connectivity index (χ1n) is 12.9. The van der Waals surface area contributed by atoms with E-state index in [0.717, 1.165) is 47.8 Å². The molecule has 1 atom stereocenters. The highest BCUT2D eigenvalue weighted by atomic mass is 35.5. The van der Waals surface area contributed by atoms with Gasteiger partial charge in [0.15, 0.2) is 0 Å². The van der Waals surface area contributed by atoms with Gasteiger partial charge < -0.3 is 34.1 Å². The lowest BCUT2D eigenvalue weighted by molar-refractivity contribution is -0.0835. The largest absolute Gasteiger partial charge is 0.497 e. The average molecular weight is 554 g/mol. The molecule has 3 aromatic carbocycles. The lowest BCUT2D eigenvalue weighted by Gasteiger charge is -2.39. The van der Waals surface area contributed by atoms with Crippen molar-refractivity contribution in [1.29, 1.82) is 0 Å². The second kappa shape index (κ2) is 11.8. The van der Waals surface area contributed by atoms with Gasteiger partial charge in [-0.1, -0.05) is 29.8 Å². The number of methoxy groups -OCH3 is 1. The summed E-state index contributed by atoms with van der Waals surface area (Å²) in [4.78, 5) is 13.9. The van der Waals surface area contributed by atoms with Crippen molar-refractivity contribution in [1.82, 2.24) is 4.90 Å². The number of hydrogen-bond donors (Lipinski definition) is 2. The van der Waals surface area contributed by atoms with Crippen LogP contribution in [0, 0.1) is 0 Å². The molecule has 0 radical (unpaired) electrons. The summed E-state index contributed by atoms with van der Waals surface area (Å²) in [5.74, 6) is 0.270. The van der Waals surface area contributed by atoms with Gasteiger partial charge in [0.2, 0.25) is 0 Å². The SMILES string of the molecule is COc1ccc(COc2ccc(C(=O)O)c(OC[C@H](O)CN3CCC4(CC3)OCc3cc(Cl)ccc34)c2)cc1. The molecule has 0 aliphatic carbocycles. The van der Waals surface area contributed by atoms with E-state index in [1.165, 1.54) is 11.6 Å². The number of aliphatic hydroxyl groups excluding tert-OH is 1. The number of ether oxygens (including phenoxy) is 4. The second-order valence-corrected chi connectivity index (χ2v) is 10.4. The first-order valence-corrected chi connectivity index (χ1v) is 13.3. The number of carboxylic acids is 1. The molecule has 0 unspecified atom stereocenters. The van der Waals surface area contributed by atoms with E-state index in [1.807, 2.05) is 36.4 Å². The maximum Gasteiger partial charge on any atom is 0.339 e. The van der Waals surface area contributed by atoms with E-state index in [2.05, 4.69) is 11.0 Å². The summed E-state index contributed by atoms with van der Waals surface area (Å²) >= 11 is 6.14. The van der Waals surface area contributed by atoms with Crippen LogP contribution in [-0.4, -0.2) is 60.5 Å². The van der Waals surface area contributed by atoms with Crippen molar-refractivity contribution >= 4 is 17.6 Å². The van der Waals surface area contributed by atoms with E-state index in [9.17, 15) is 15.0 Å². The number of hydrogen-bond acceptors (Lipinski definition) is 7. The van der Waals surface area contributed by atoms with Crippen molar-refractivity contribution in [3.8, 4) is 17.2 Å². The summed E-state index contributed by atoms with van der Waals surface area (Å²) in [6.07, 6.45) is 0.859. The molecule has 2 heterocycles. The van der Waals surface area contributed by atoms with Crippen molar-refractivity contribution < 1.29 is 34.0 Å². The highest BCUT2D eigenvalue weighted by Crippen LogP contribution is 2.44. The number of benzene rings is 3. The van der Waals surface area contributed by atoms with Crippen molar-refractivity contribution in [3.05, 3.63) is 87.9 Å². The standard InChI is InChI=1S/C30H32ClNO7/c1-36-24-5-2-20(3-6-24)17-37-25-7-8-26(29(34)35)28(15-25)38-19-23(33)16-32-12-10-30(11-13-32)27-9-4-22(31)14-21(27)18-39-30/h2-9,14-15,23,33H,10-13,16-19H2,1H3,(H,34,35)/t23-/m1/s1. The highest BCUT2D eigenvalue weighted by Gasteiger charge is 2.42. The zero-order chi connectivity index (χ0) is 27.4. The van der Waals surface area contributed by atoms with E-state index < -0.39 is 12.1 Å². The molecule has 206 valence electrons. The van der Waals surface area contributed by atoms with Crippen molar-refractivity contribution in [3.63, 3.8) is 0 Å². The van der Waals surface area contributed by atoms with Crippen molar-refractivity contribution in [2.45, 2.75) is 37.8 Å². The van der Waals surface area contributed by atoms with Crippen LogP contribution in [0.4, 0.5) is 0 Å². The summed E-state index contributed by atoms with van der Waals surface area (Å²) in [6, 6.07) is 18.0. The molecule has 39 heavy (non-hydrogen) atoms. The third kappa shape index (κ3) is 6.31. The van der Waals surface area contributed by atoms with E-state index in [-0.39, 0.29) is 23.5 Å². The van der Waals surface area contributed by atoms with Crippen LogP contribution in [0.3, 0.4) is 0 Å². The number of piperidine rings is 1. The van der Waals surface area contributed by atoms with Crippen LogP contribution in [-0.2, 0) is 23.6 Å². The summed E-state index contributed by atoms with van der Waals surface area (Å²) in [7, 11) is 1.61. The molecule has 1 saturated heterocycles. The lowest BCUT2D eigenvalue weighted by atomic mass is 9.84. The van der Waals surface area contributed by atoms with E-state index >= 15 is 0 Å². The van der Waals surface area contributed by atoms with Gasteiger partial charge in [-0.25, -0.2) is 4.79 Å². The molecular formula is C30H32ClNO7. The number of aliphatic hydroxyl groups is 1. The van der Waals surface area contributed by atoms with Crippen LogP contribution in [0.25, 0.3) is 0 Å². The molecule has 9 heteroatoms. The van der Waals surface area contributed by atoms with Crippen LogP contribution in [0.15, 0.2) is 60.7 Å². The number of fused-ring (bicyclic) bond motifs is 2. The molecule has 2 N–H and O–H groups in total. The molecule has 2 aliphatic heterocycles. The number of β-amino-alcohol motifs (C(OH)–C–C–N with tert-alkyl or cyclic N) is 1. The average Bonchev–Trinajstić information content (AvgIpc) is 3.29. The first-order chi connectivity index (χ1) is 18.8. The summed E-state index contributed by atoms with van der Waals surface area (Å²) in [5, 5.41) is 21.0. The first kappa shape index (κ1) is 27.3. The van der Waals surface area contributed by atoms with Crippen LogP contribution < -0.4 is 14.2 Å². The monoisotopic (exact) mass is 553 g/mol. The summed E-state index contributed by atoms with van der Waals surface area (Å²) < 4.78 is 23.0. The molecule has 2 aliphatic rings. The molecule has 0 saturated carbocycles. The van der Waals surface area contributed by atoms with Gasteiger partial charge in [0.25, 0.3) is 0 Å². The van der Waals surface area contributed by atoms with Crippen LogP contribution in [0.1, 0.15) is 39.9 Å². The van der Waals surface area contributed by atoms with Gasteiger partial charge in [0.1, 0.15) is 42.1 Å². The van der Waals surface area contributed by atoms with Gasteiger partial charge in [0, 0.05) is 30.7 Å². The molecule has 3 aromatic rings. The normalized spacial score (nSPS) is 17.0. The van der Waals surface area contributed by atoms with Gasteiger partial charge in [-0.2, -0.15) is 0 Å². The topological polar surface area (TPSA) is 97.7 Å². The smallest absolute Gasteiger partial charge is 0.339 e. The second-order valence-electron chi connectivity index (χ2n) is 9.95. The minimum atomic E-state index is -1.11. The van der Waals surface area contributed by atoms with Crippen molar-refractivity contribution in [2.75, 3.05) is 33.4 Å². The Balaban J connectivity index is 1.14. The highest BCUT2D eigenvalue weighted by molar-refractivity contribution is 6.30. The number of likely N-dealkylation sites (tertiary alicyclic amines) is 1. The fraction of sp³-hybridized carbons (Fsp3) is 0.367. The minimum absolute atomic E-state index is 0.0102. The zero-order valence-electron chi connectivity index (χ0n) is 21.8. The Hall–Kier alpha value is -3.30. The number of carboxylic acid groups (broad SMARTS) is 1. The van der Waals surface area contributed by atoms with Gasteiger partial charge >= 0.3 is 5.97 Å². The molecule has 1 fully saturated rings. The Kier molecular flexibility index (Phi) is 8.28. The van der Waals surface area contributed by atoms with Gasteiger partial charge in [-0.05, 0) is 65.9 Å². The molecular weight excluding hydrogens is 522 g/mol. The summed E-state index contributed by atoms with van der Waals surface area (Å²) in [6.45, 7) is 2.79. The maximum atomic E-state index is 11.7. The number of carbonyl (C=O) groups is 1. The van der Waals surface area contributed by atoms with Gasteiger partial charge in [-0.15, -0.1) is 0 Å². The maximum absolute atomic E-state index is 11.7. The quantitative estimate of drug-likeness (QED) is 0.366. The number of rotatable bonds is 10. The zero-order valence-corrected chi connectivity index (χ0v) is 22.5. The van der Waals surface area contributed by atoms with Gasteiger partial charge in [0.05, 0.1) is 19.3 Å². The Labute approximate surface area is 232 Å². The molecule has 8 nitrogen and oxygen atoms in total. The number of nitrogens with zero attached hydrogens (tertiary/aromatic N) is 1. The molecule has 5 rings (SSSR count). The summed E-state index contributed by atoms with van der Waals surface area (Å²) in [5.41, 5.74) is 3.02. The van der Waals surface area contributed by atoms with Crippen LogP contribution in [0.5, 0.6) is 17.2 Å². The van der Waals surface area contributed by atoms with Crippen molar-refractivity contribution in [2.24, 2.45) is 0 Å². The van der Waals surface area contributed by atoms with Gasteiger partial charge in [-0.3, -0.25) is 0 Å². The minimum Gasteiger partial charge on any atom is -0.497 e.